The molecule has 0 radical (unpaired) electrons. The normalized spacial score (nSPS) is 21.6. The van der Waals surface area contributed by atoms with Crippen LogP contribution >= 0.6 is 22.6 Å². The zero-order chi connectivity index (χ0) is 15.3. The Labute approximate surface area is 131 Å². The van der Waals surface area contributed by atoms with E-state index in [4.69, 9.17) is 0 Å². The molecule has 1 aromatic carbocycles. The lowest BCUT2D eigenvalue weighted by atomic mass is 10.0. The van der Waals surface area contributed by atoms with Gasteiger partial charge in [0.2, 0.25) is 11.8 Å². The molecule has 1 fully saturated rings. The Hall–Kier alpha value is -1.58. The molecule has 3 rings (SSSR count). The van der Waals surface area contributed by atoms with Gasteiger partial charge in [-0.2, -0.15) is 0 Å². The SMILES string of the molecule is O=C1CC[C@H](N2Cc3cc(F)c(F)c(I)c3C2=O)C(=O)N1. The van der Waals surface area contributed by atoms with Crippen molar-refractivity contribution in [3.63, 3.8) is 0 Å². The zero-order valence-electron chi connectivity index (χ0n) is 10.6. The third-order valence-corrected chi connectivity index (χ3v) is 4.66. The van der Waals surface area contributed by atoms with Crippen molar-refractivity contribution in [1.29, 1.82) is 0 Å². The third-order valence-electron chi connectivity index (χ3n) is 3.65. The number of nitrogens with zero attached hydrogens (tertiary/aromatic N) is 1. The van der Waals surface area contributed by atoms with E-state index in [0.717, 1.165) is 6.07 Å². The zero-order valence-corrected chi connectivity index (χ0v) is 12.7. The average molecular weight is 406 g/mol. The van der Waals surface area contributed by atoms with Gasteiger partial charge >= 0.3 is 0 Å². The maximum Gasteiger partial charge on any atom is 0.256 e. The predicted molar refractivity (Wildman–Crippen MR) is 75.1 cm³/mol. The van der Waals surface area contributed by atoms with Crippen LogP contribution in [0, 0.1) is 15.2 Å². The number of amides is 3. The van der Waals surface area contributed by atoms with Crippen molar-refractivity contribution in [1.82, 2.24) is 10.2 Å². The van der Waals surface area contributed by atoms with Crippen molar-refractivity contribution in [2.24, 2.45) is 0 Å². The Morgan fingerprint density at radius 1 is 1.29 bits per heavy atom. The molecular formula is C13H9F2IN2O3. The van der Waals surface area contributed by atoms with Crippen LogP contribution in [0.25, 0.3) is 0 Å². The quantitative estimate of drug-likeness (QED) is 0.435. The summed E-state index contributed by atoms with van der Waals surface area (Å²) in [5.74, 6) is -3.53. The number of nitrogens with one attached hydrogen (secondary N) is 1. The van der Waals surface area contributed by atoms with Crippen LogP contribution in [0.4, 0.5) is 8.78 Å². The van der Waals surface area contributed by atoms with Crippen LogP contribution in [0.5, 0.6) is 0 Å². The van der Waals surface area contributed by atoms with Crippen molar-refractivity contribution in [3.8, 4) is 0 Å². The number of carbonyl (C=O) groups is 3. The van der Waals surface area contributed by atoms with Gasteiger partial charge in [-0.1, -0.05) is 0 Å². The smallest absolute Gasteiger partial charge is 0.256 e. The van der Waals surface area contributed by atoms with Gasteiger partial charge in [-0.15, -0.1) is 0 Å². The summed E-state index contributed by atoms with van der Waals surface area (Å²) in [7, 11) is 0. The molecule has 0 unspecified atom stereocenters. The van der Waals surface area contributed by atoms with E-state index in [-0.39, 0.29) is 34.4 Å². The summed E-state index contributed by atoms with van der Waals surface area (Å²) >= 11 is 1.58. The number of rotatable bonds is 1. The average Bonchev–Trinajstić information content (AvgIpc) is 2.73. The van der Waals surface area contributed by atoms with Crippen LogP contribution in [0.3, 0.4) is 0 Å². The lowest BCUT2D eigenvalue weighted by Crippen LogP contribution is -2.52. The molecule has 0 aromatic heterocycles. The minimum atomic E-state index is -1.06. The predicted octanol–water partition coefficient (Wildman–Crippen LogP) is 1.33. The van der Waals surface area contributed by atoms with Gasteiger partial charge in [0.1, 0.15) is 6.04 Å². The number of hydrogen-bond donors (Lipinski definition) is 1. The molecule has 0 saturated carbocycles. The molecule has 1 atom stereocenters. The molecular weight excluding hydrogens is 397 g/mol. The molecule has 0 aliphatic carbocycles. The van der Waals surface area contributed by atoms with E-state index in [2.05, 4.69) is 5.32 Å². The van der Waals surface area contributed by atoms with Crippen LogP contribution in [0.15, 0.2) is 6.07 Å². The van der Waals surface area contributed by atoms with E-state index in [9.17, 15) is 23.2 Å². The molecule has 8 heteroatoms. The molecule has 2 heterocycles. The van der Waals surface area contributed by atoms with E-state index in [1.807, 2.05) is 0 Å². The number of piperidine rings is 1. The number of carbonyl (C=O) groups excluding carboxylic acids is 3. The minimum absolute atomic E-state index is 0.0354. The fourth-order valence-corrected chi connectivity index (χ4v) is 3.46. The van der Waals surface area contributed by atoms with Crippen molar-refractivity contribution < 1.29 is 23.2 Å². The first-order valence-electron chi connectivity index (χ1n) is 6.21. The summed E-state index contributed by atoms with van der Waals surface area (Å²) < 4.78 is 26.9. The van der Waals surface area contributed by atoms with Crippen molar-refractivity contribution in [3.05, 3.63) is 32.4 Å². The molecule has 3 amide bonds. The van der Waals surface area contributed by atoms with Gasteiger partial charge < -0.3 is 4.90 Å². The van der Waals surface area contributed by atoms with Crippen LogP contribution in [-0.2, 0) is 16.1 Å². The van der Waals surface area contributed by atoms with Gasteiger partial charge in [0.15, 0.2) is 11.6 Å². The summed E-state index contributed by atoms with van der Waals surface area (Å²) in [6.07, 6.45) is 0.349. The Kier molecular flexibility index (Phi) is 3.42. The van der Waals surface area contributed by atoms with E-state index in [1.54, 1.807) is 22.6 Å². The summed E-state index contributed by atoms with van der Waals surface area (Å²) in [5, 5.41) is 2.17. The first kappa shape index (κ1) is 14.4. The number of hydrogen-bond acceptors (Lipinski definition) is 3. The molecule has 0 spiro atoms. The topological polar surface area (TPSA) is 66.5 Å². The fraction of sp³-hybridized carbons (Fsp3) is 0.308. The van der Waals surface area contributed by atoms with Crippen molar-refractivity contribution in [2.45, 2.75) is 25.4 Å². The maximum atomic E-state index is 13.6. The molecule has 21 heavy (non-hydrogen) atoms. The lowest BCUT2D eigenvalue weighted by Gasteiger charge is -2.29. The number of imide groups is 1. The summed E-state index contributed by atoms with van der Waals surface area (Å²) in [6, 6.07) is 0.195. The summed E-state index contributed by atoms with van der Waals surface area (Å²) in [6.45, 7) is 0.0354. The van der Waals surface area contributed by atoms with E-state index in [1.165, 1.54) is 4.90 Å². The summed E-state index contributed by atoms with van der Waals surface area (Å²) in [5.41, 5.74) is 0.451. The van der Waals surface area contributed by atoms with Crippen LogP contribution in [0.2, 0.25) is 0 Å². The van der Waals surface area contributed by atoms with Gasteiger partial charge in [-0.3, -0.25) is 19.7 Å². The molecule has 110 valence electrons. The summed E-state index contributed by atoms with van der Waals surface area (Å²) in [4.78, 5) is 36.6. The van der Waals surface area contributed by atoms with Gasteiger partial charge in [0, 0.05) is 13.0 Å². The second kappa shape index (κ2) is 5.00. The standard InChI is InChI=1S/C13H9F2IN2O3/c14-6-3-5-4-18(7-1-2-8(19)17-12(7)20)13(21)9(5)11(16)10(6)15/h3,7H,1-2,4H2,(H,17,19,20)/t7-/m0/s1. The number of benzene rings is 1. The monoisotopic (exact) mass is 406 g/mol. The highest BCUT2D eigenvalue weighted by atomic mass is 127. The Morgan fingerprint density at radius 3 is 2.67 bits per heavy atom. The Morgan fingerprint density at radius 2 is 2.00 bits per heavy atom. The molecule has 1 saturated heterocycles. The highest BCUT2D eigenvalue weighted by Gasteiger charge is 2.41. The molecule has 1 aromatic rings. The Balaban J connectivity index is 1.96. The second-order valence-electron chi connectivity index (χ2n) is 4.92. The Bertz CT molecular complexity index is 692. The molecule has 5 nitrogen and oxygen atoms in total. The third kappa shape index (κ3) is 2.21. The van der Waals surface area contributed by atoms with Gasteiger partial charge in [-0.05, 0) is 40.6 Å². The first-order valence-corrected chi connectivity index (χ1v) is 7.29. The number of fused-ring (bicyclic) bond motifs is 1. The van der Waals surface area contributed by atoms with Crippen molar-refractivity contribution in [2.75, 3.05) is 0 Å². The molecule has 2 aliphatic rings. The van der Waals surface area contributed by atoms with Crippen LogP contribution < -0.4 is 5.32 Å². The van der Waals surface area contributed by atoms with Gasteiger partial charge in [-0.25, -0.2) is 8.78 Å². The second-order valence-corrected chi connectivity index (χ2v) is 6.00. The van der Waals surface area contributed by atoms with Crippen LogP contribution in [-0.4, -0.2) is 28.7 Å². The van der Waals surface area contributed by atoms with Crippen LogP contribution in [0.1, 0.15) is 28.8 Å². The van der Waals surface area contributed by atoms with E-state index < -0.39 is 29.5 Å². The maximum absolute atomic E-state index is 13.6. The molecule has 1 N–H and O–H groups in total. The molecule has 2 aliphatic heterocycles. The van der Waals surface area contributed by atoms with Gasteiger partial charge in [0.25, 0.3) is 5.91 Å². The van der Waals surface area contributed by atoms with Crippen molar-refractivity contribution >= 4 is 40.3 Å². The number of halogens is 3. The largest absolute Gasteiger partial charge is 0.322 e. The minimum Gasteiger partial charge on any atom is -0.322 e. The first-order chi connectivity index (χ1) is 9.90. The lowest BCUT2D eigenvalue weighted by molar-refractivity contribution is -0.136. The highest BCUT2D eigenvalue weighted by molar-refractivity contribution is 14.1. The fourth-order valence-electron chi connectivity index (χ4n) is 2.63. The van der Waals surface area contributed by atoms with E-state index >= 15 is 0 Å². The highest BCUT2D eigenvalue weighted by Crippen LogP contribution is 2.32. The molecule has 0 bridgehead atoms. The van der Waals surface area contributed by atoms with Gasteiger partial charge in [0.05, 0.1) is 9.13 Å². The van der Waals surface area contributed by atoms with E-state index in [0.29, 0.717) is 5.56 Å².